The molecule has 2 aliphatic heterocycles. The maximum atomic E-state index is 13.7. The third kappa shape index (κ3) is 8.50. The Morgan fingerprint density at radius 1 is 0.917 bits per heavy atom. The third-order valence-corrected chi connectivity index (χ3v) is 9.97. The number of carbonyl (C=O) groups excluding carboxylic acids is 2. The number of fused-ring (bicyclic) bond motifs is 1. The summed E-state index contributed by atoms with van der Waals surface area (Å²) in [6.07, 6.45) is 9.63. The van der Waals surface area contributed by atoms with Gasteiger partial charge in [0.1, 0.15) is 0 Å². The van der Waals surface area contributed by atoms with E-state index >= 15 is 0 Å². The molecule has 3 aliphatic rings. The predicted molar refractivity (Wildman–Crippen MR) is 184 cm³/mol. The molecule has 6 rings (SSSR count). The van der Waals surface area contributed by atoms with Gasteiger partial charge in [0, 0.05) is 49.0 Å². The fraction of sp³-hybridized carbons (Fsp3) is 0.513. The molecule has 9 nitrogen and oxygen atoms in total. The van der Waals surface area contributed by atoms with Gasteiger partial charge in [-0.2, -0.15) is 0 Å². The fourth-order valence-electron chi connectivity index (χ4n) is 7.57. The van der Waals surface area contributed by atoms with Crippen LogP contribution in [0, 0.1) is 5.92 Å². The number of benzene rings is 2. The summed E-state index contributed by atoms with van der Waals surface area (Å²) in [6.45, 7) is 7.16. The highest BCUT2D eigenvalue weighted by Crippen LogP contribution is 2.42. The SMILES string of the molecule is CC(C)(C)NC(=O)C1CCC2CCCCC2N1CC1CC(c2ccc(CO)cc2)OC(c2ccc(CNC(=O)c3cccnc3)cc2)O1. The van der Waals surface area contributed by atoms with Gasteiger partial charge >= 0.3 is 0 Å². The average Bonchev–Trinajstić information content (AvgIpc) is 3.10. The number of likely N-dealkylation sites (tertiary alicyclic amines) is 1. The summed E-state index contributed by atoms with van der Waals surface area (Å²) < 4.78 is 13.4. The van der Waals surface area contributed by atoms with Crippen LogP contribution < -0.4 is 10.6 Å². The van der Waals surface area contributed by atoms with E-state index < -0.39 is 6.29 Å². The number of nitrogens with zero attached hydrogens (tertiary/aromatic N) is 2. The lowest BCUT2D eigenvalue weighted by Crippen LogP contribution is -2.61. The van der Waals surface area contributed by atoms with E-state index in [1.165, 1.54) is 19.3 Å². The van der Waals surface area contributed by atoms with Crippen molar-refractivity contribution in [2.45, 2.75) is 115 Å². The van der Waals surface area contributed by atoms with Gasteiger partial charge < -0.3 is 25.2 Å². The minimum atomic E-state index is -0.598. The van der Waals surface area contributed by atoms with Crippen LogP contribution in [-0.4, -0.2) is 57.1 Å². The number of hydrogen-bond acceptors (Lipinski definition) is 7. The molecule has 6 atom stereocenters. The molecule has 2 amide bonds. The number of amides is 2. The Morgan fingerprint density at radius 3 is 2.35 bits per heavy atom. The number of aliphatic hydroxyl groups excluding tert-OH is 1. The van der Waals surface area contributed by atoms with Crippen LogP contribution in [0.3, 0.4) is 0 Å². The summed E-state index contributed by atoms with van der Waals surface area (Å²) in [5.74, 6) is 0.551. The topological polar surface area (TPSA) is 113 Å². The number of carbonyl (C=O) groups is 2. The molecule has 6 unspecified atom stereocenters. The minimum absolute atomic E-state index is 0.00919. The summed E-state index contributed by atoms with van der Waals surface area (Å²) in [5, 5.41) is 15.8. The van der Waals surface area contributed by atoms with Crippen molar-refractivity contribution in [2.24, 2.45) is 5.92 Å². The van der Waals surface area contributed by atoms with E-state index in [2.05, 4.69) is 20.5 Å². The van der Waals surface area contributed by atoms with E-state index in [1.54, 1.807) is 24.5 Å². The van der Waals surface area contributed by atoms with Crippen LogP contribution in [0.5, 0.6) is 0 Å². The second-order valence-corrected chi connectivity index (χ2v) is 14.7. The van der Waals surface area contributed by atoms with E-state index in [4.69, 9.17) is 9.47 Å². The standard InChI is InChI=1S/C39H50N4O5/c1-39(2,3)42-37(46)34-19-18-28-7-4-5-9-33(28)43(34)24-32-21-35(29-14-12-27(25-44)13-15-29)48-38(47-32)30-16-10-26(11-17-30)22-41-36(45)31-8-6-20-40-23-31/h6,8,10-17,20,23,28,32-35,38,44H,4-5,7,9,18-19,21-22,24-25H2,1-3H3,(H,41,45)(H,42,46). The lowest BCUT2D eigenvalue weighted by Gasteiger charge is -2.50. The molecule has 3 heterocycles. The molecule has 1 aliphatic carbocycles. The molecule has 1 saturated carbocycles. The van der Waals surface area contributed by atoms with Crippen molar-refractivity contribution in [3.8, 4) is 0 Å². The van der Waals surface area contributed by atoms with Crippen molar-refractivity contribution in [1.29, 1.82) is 0 Å². The Labute approximate surface area is 284 Å². The van der Waals surface area contributed by atoms with Gasteiger partial charge in [-0.3, -0.25) is 19.5 Å². The lowest BCUT2D eigenvalue weighted by molar-refractivity contribution is -0.255. The van der Waals surface area contributed by atoms with E-state index in [-0.39, 0.29) is 42.2 Å². The van der Waals surface area contributed by atoms with Crippen molar-refractivity contribution < 1.29 is 24.2 Å². The first-order chi connectivity index (χ1) is 23.2. The molecule has 3 N–H and O–H groups in total. The van der Waals surface area contributed by atoms with Gasteiger partial charge in [-0.15, -0.1) is 0 Å². The predicted octanol–water partition coefficient (Wildman–Crippen LogP) is 5.99. The number of nitrogens with one attached hydrogen (secondary N) is 2. The normalized spacial score (nSPS) is 26.3. The minimum Gasteiger partial charge on any atom is -0.392 e. The zero-order valence-electron chi connectivity index (χ0n) is 28.4. The summed E-state index contributed by atoms with van der Waals surface area (Å²) in [5.41, 5.74) is 3.98. The molecule has 3 aromatic rings. The molecular formula is C39H50N4O5. The van der Waals surface area contributed by atoms with Crippen LogP contribution in [0.1, 0.15) is 111 Å². The molecule has 256 valence electrons. The molecule has 2 aromatic carbocycles. The van der Waals surface area contributed by atoms with Crippen LogP contribution in [-0.2, 0) is 27.4 Å². The summed E-state index contributed by atoms with van der Waals surface area (Å²) in [7, 11) is 0. The number of piperidine rings is 1. The molecule has 1 aromatic heterocycles. The van der Waals surface area contributed by atoms with E-state index in [9.17, 15) is 14.7 Å². The van der Waals surface area contributed by atoms with E-state index in [0.29, 0.717) is 37.0 Å². The number of rotatable bonds is 9. The second kappa shape index (κ2) is 15.3. The molecule has 48 heavy (non-hydrogen) atoms. The quantitative estimate of drug-likeness (QED) is 0.260. The van der Waals surface area contributed by atoms with Gasteiger partial charge in [-0.05, 0) is 81.2 Å². The smallest absolute Gasteiger partial charge is 0.253 e. The summed E-state index contributed by atoms with van der Waals surface area (Å²) >= 11 is 0. The Bertz CT molecular complexity index is 1510. The first kappa shape index (κ1) is 34.2. The number of hydrogen-bond donors (Lipinski definition) is 3. The number of ether oxygens (including phenoxy) is 2. The van der Waals surface area contributed by atoms with Crippen molar-refractivity contribution in [2.75, 3.05) is 6.54 Å². The van der Waals surface area contributed by atoms with Gasteiger partial charge in [0.15, 0.2) is 6.29 Å². The Kier molecular flexibility index (Phi) is 10.9. The van der Waals surface area contributed by atoms with Gasteiger partial charge in [0.25, 0.3) is 5.91 Å². The van der Waals surface area contributed by atoms with Gasteiger partial charge in [0.05, 0.1) is 30.4 Å². The Morgan fingerprint density at radius 2 is 1.65 bits per heavy atom. The zero-order chi connectivity index (χ0) is 33.7. The molecule has 0 spiro atoms. The second-order valence-electron chi connectivity index (χ2n) is 14.7. The van der Waals surface area contributed by atoms with Crippen LogP contribution in [0.2, 0.25) is 0 Å². The first-order valence-corrected chi connectivity index (χ1v) is 17.5. The van der Waals surface area contributed by atoms with Gasteiger partial charge in [-0.25, -0.2) is 0 Å². The number of aliphatic hydroxyl groups is 1. The van der Waals surface area contributed by atoms with Crippen molar-refractivity contribution >= 4 is 11.8 Å². The van der Waals surface area contributed by atoms with Crippen molar-refractivity contribution in [1.82, 2.24) is 20.5 Å². The maximum Gasteiger partial charge on any atom is 0.253 e. The van der Waals surface area contributed by atoms with E-state index in [1.807, 2.05) is 69.3 Å². The van der Waals surface area contributed by atoms with Crippen LogP contribution in [0.25, 0.3) is 0 Å². The monoisotopic (exact) mass is 654 g/mol. The van der Waals surface area contributed by atoms with Crippen molar-refractivity contribution in [3.63, 3.8) is 0 Å². The van der Waals surface area contributed by atoms with Crippen LogP contribution >= 0.6 is 0 Å². The first-order valence-electron chi connectivity index (χ1n) is 17.5. The highest BCUT2D eigenvalue weighted by Gasteiger charge is 2.44. The molecule has 0 radical (unpaired) electrons. The average molecular weight is 655 g/mol. The lowest BCUT2D eigenvalue weighted by atomic mass is 9.75. The Hall–Kier alpha value is -3.63. The van der Waals surface area contributed by atoms with Gasteiger partial charge in [-0.1, -0.05) is 61.4 Å². The zero-order valence-corrected chi connectivity index (χ0v) is 28.4. The number of aromatic nitrogens is 1. The molecular weight excluding hydrogens is 604 g/mol. The largest absolute Gasteiger partial charge is 0.392 e. The summed E-state index contributed by atoms with van der Waals surface area (Å²) in [4.78, 5) is 32.7. The van der Waals surface area contributed by atoms with Crippen LogP contribution in [0.4, 0.5) is 0 Å². The molecule has 2 saturated heterocycles. The highest BCUT2D eigenvalue weighted by molar-refractivity contribution is 5.93. The molecule has 9 heteroatoms. The number of pyridine rings is 1. The molecule has 0 bridgehead atoms. The third-order valence-electron chi connectivity index (χ3n) is 9.97. The highest BCUT2D eigenvalue weighted by atomic mass is 16.7. The maximum absolute atomic E-state index is 13.7. The van der Waals surface area contributed by atoms with Crippen molar-refractivity contribution in [3.05, 3.63) is 101 Å². The van der Waals surface area contributed by atoms with Crippen LogP contribution in [0.15, 0.2) is 73.1 Å². The van der Waals surface area contributed by atoms with Gasteiger partial charge in [0.2, 0.25) is 5.91 Å². The molecule has 3 fully saturated rings. The Balaban J connectivity index is 1.21. The van der Waals surface area contributed by atoms with E-state index in [0.717, 1.165) is 41.5 Å². The summed E-state index contributed by atoms with van der Waals surface area (Å²) in [6, 6.07) is 19.6. The fourth-order valence-corrected chi connectivity index (χ4v) is 7.57.